The molecule has 20 heavy (non-hydrogen) atoms. The molecular formula is C13H17N5O2. The lowest BCUT2D eigenvalue weighted by atomic mass is 10.2. The number of amidine groups is 1. The maximum absolute atomic E-state index is 12.3. The lowest BCUT2D eigenvalue weighted by molar-refractivity contribution is 0.318. The van der Waals surface area contributed by atoms with Gasteiger partial charge in [-0.05, 0) is 25.5 Å². The number of aromatic nitrogens is 3. The first kappa shape index (κ1) is 13.9. The topological polar surface area (TPSA) is 98.4 Å². The van der Waals surface area contributed by atoms with Crippen LogP contribution in [0.1, 0.15) is 17.7 Å². The van der Waals surface area contributed by atoms with E-state index in [4.69, 9.17) is 10.9 Å². The number of nitrogens with zero attached hydrogens (tertiary/aromatic N) is 4. The summed E-state index contributed by atoms with van der Waals surface area (Å²) in [6, 6.07) is 3.35. The molecule has 106 valence electrons. The molecule has 0 aliphatic carbocycles. The van der Waals surface area contributed by atoms with Crippen LogP contribution in [-0.4, -0.2) is 25.2 Å². The number of oxime groups is 1. The number of hydrogen-bond donors (Lipinski definition) is 2. The van der Waals surface area contributed by atoms with Gasteiger partial charge in [0, 0.05) is 31.2 Å². The van der Waals surface area contributed by atoms with Crippen molar-refractivity contribution < 1.29 is 5.21 Å². The average molecular weight is 275 g/mol. The summed E-state index contributed by atoms with van der Waals surface area (Å²) in [5.41, 5.74) is 6.30. The van der Waals surface area contributed by atoms with E-state index in [0.717, 1.165) is 18.7 Å². The maximum atomic E-state index is 12.3. The third-order valence-corrected chi connectivity index (χ3v) is 3.13. The molecule has 0 atom stereocenters. The molecular weight excluding hydrogens is 258 g/mol. The Kier molecular flexibility index (Phi) is 4.19. The van der Waals surface area contributed by atoms with Crippen molar-refractivity contribution in [2.45, 2.75) is 26.4 Å². The Balaban J connectivity index is 2.16. The highest BCUT2D eigenvalue weighted by atomic mass is 16.4. The zero-order valence-corrected chi connectivity index (χ0v) is 11.2. The van der Waals surface area contributed by atoms with Crippen molar-refractivity contribution in [1.82, 2.24) is 14.1 Å². The molecule has 0 aliphatic heterocycles. The summed E-state index contributed by atoms with van der Waals surface area (Å²) in [6.07, 6.45) is 6.12. The molecule has 0 aromatic carbocycles. The molecule has 7 heteroatoms. The third kappa shape index (κ3) is 2.87. The predicted octanol–water partition coefficient (Wildman–Crippen LogP) is 0.538. The van der Waals surface area contributed by atoms with E-state index < -0.39 is 0 Å². The van der Waals surface area contributed by atoms with Crippen LogP contribution in [0.15, 0.2) is 40.8 Å². The minimum atomic E-state index is -0.245. The molecule has 2 aromatic rings. The summed E-state index contributed by atoms with van der Waals surface area (Å²) >= 11 is 0. The molecule has 0 spiro atoms. The second kappa shape index (κ2) is 6.05. The Hall–Kier alpha value is -2.57. The molecule has 0 bridgehead atoms. The Labute approximate surface area is 116 Å². The first-order chi connectivity index (χ1) is 9.63. The van der Waals surface area contributed by atoms with Crippen molar-refractivity contribution in [3.63, 3.8) is 0 Å². The number of imidazole rings is 1. The van der Waals surface area contributed by atoms with Gasteiger partial charge in [0.05, 0.1) is 11.9 Å². The van der Waals surface area contributed by atoms with Crippen LogP contribution in [0.4, 0.5) is 0 Å². The second-order valence-electron chi connectivity index (χ2n) is 4.48. The van der Waals surface area contributed by atoms with Crippen molar-refractivity contribution in [2.24, 2.45) is 10.9 Å². The van der Waals surface area contributed by atoms with Crippen molar-refractivity contribution >= 4 is 5.84 Å². The van der Waals surface area contributed by atoms with Gasteiger partial charge < -0.3 is 20.1 Å². The SMILES string of the molecule is Cc1ccc(/C(N)=N/O)c(=O)n1CCCn1ccnc1. The quantitative estimate of drug-likeness (QED) is 0.360. The van der Waals surface area contributed by atoms with Crippen molar-refractivity contribution in [3.8, 4) is 0 Å². The normalized spacial score (nSPS) is 11.8. The molecule has 0 fully saturated rings. The smallest absolute Gasteiger partial charge is 0.261 e. The van der Waals surface area contributed by atoms with Crippen molar-refractivity contribution in [2.75, 3.05) is 0 Å². The van der Waals surface area contributed by atoms with Crippen LogP contribution in [-0.2, 0) is 13.1 Å². The monoisotopic (exact) mass is 275 g/mol. The zero-order chi connectivity index (χ0) is 14.5. The summed E-state index contributed by atoms with van der Waals surface area (Å²) in [6.45, 7) is 3.20. The third-order valence-electron chi connectivity index (χ3n) is 3.13. The summed E-state index contributed by atoms with van der Waals surface area (Å²) < 4.78 is 3.58. The minimum absolute atomic E-state index is 0.168. The van der Waals surface area contributed by atoms with Crippen LogP contribution in [0.2, 0.25) is 0 Å². The Morgan fingerprint density at radius 3 is 2.90 bits per heavy atom. The predicted molar refractivity (Wildman–Crippen MR) is 74.8 cm³/mol. The molecule has 0 amide bonds. The summed E-state index contributed by atoms with van der Waals surface area (Å²) in [4.78, 5) is 16.2. The van der Waals surface area contributed by atoms with Crippen LogP contribution < -0.4 is 11.3 Å². The molecule has 0 aliphatic rings. The fourth-order valence-corrected chi connectivity index (χ4v) is 2.03. The fraction of sp³-hybridized carbons (Fsp3) is 0.308. The Bertz CT molecular complexity index is 658. The molecule has 0 radical (unpaired) electrons. The van der Waals surface area contributed by atoms with Gasteiger partial charge >= 0.3 is 0 Å². The summed E-state index contributed by atoms with van der Waals surface area (Å²) in [7, 11) is 0. The summed E-state index contributed by atoms with van der Waals surface area (Å²) in [5, 5.41) is 11.6. The van der Waals surface area contributed by atoms with Gasteiger partial charge in [0.2, 0.25) is 0 Å². The summed E-state index contributed by atoms with van der Waals surface area (Å²) in [5.74, 6) is -0.168. The van der Waals surface area contributed by atoms with Crippen molar-refractivity contribution in [3.05, 3.63) is 52.5 Å². The molecule has 2 heterocycles. The zero-order valence-electron chi connectivity index (χ0n) is 11.2. The standard InChI is InChI=1S/C13H17N5O2/c1-10-3-4-11(12(14)16-20)13(19)18(10)7-2-6-17-8-5-15-9-17/h3-5,8-9,20H,2,6-7H2,1H3,(H2,14,16). The van der Waals surface area contributed by atoms with E-state index in [1.165, 1.54) is 0 Å². The van der Waals surface area contributed by atoms with E-state index in [1.54, 1.807) is 29.2 Å². The Morgan fingerprint density at radius 2 is 2.25 bits per heavy atom. The lowest BCUT2D eigenvalue weighted by Crippen LogP contribution is -2.31. The highest BCUT2D eigenvalue weighted by Crippen LogP contribution is 2.01. The second-order valence-corrected chi connectivity index (χ2v) is 4.48. The van der Waals surface area contributed by atoms with Crippen LogP contribution in [0, 0.1) is 6.92 Å². The van der Waals surface area contributed by atoms with Crippen LogP contribution in [0.5, 0.6) is 0 Å². The largest absolute Gasteiger partial charge is 0.409 e. The van der Waals surface area contributed by atoms with E-state index in [-0.39, 0.29) is 17.0 Å². The molecule has 0 saturated heterocycles. The van der Waals surface area contributed by atoms with E-state index >= 15 is 0 Å². The van der Waals surface area contributed by atoms with Gasteiger partial charge in [-0.15, -0.1) is 0 Å². The molecule has 0 saturated carbocycles. The highest BCUT2D eigenvalue weighted by Gasteiger charge is 2.09. The minimum Gasteiger partial charge on any atom is -0.409 e. The van der Waals surface area contributed by atoms with Gasteiger partial charge in [0.15, 0.2) is 5.84 Å². The van der Waals surface area contributed by atoms with E-state index in [1.807, 2.05) is 17.7 Å². The average Bonchev–Trinajstić information content (AvgIpc) is 2.95. The lowest BCUT2D eigenvalue weighted by Gasteiger charge is -2.11. The number of pyridine rings is 1. The first-order valence-corrected chi connectivity index (χ1v) is 6.27. The van der Waals surface area contributed by atoms with E-state index in [2.05, 4.69) is 10.1 Å². The molecule has 7 nitrogen and oxygen atoms in total. The fourth-order valence-electron chi connectivity index (χ4n) is 2.03. The van der Waals surface area contributed by atoms with Crippen molar-refractivity contribution in [1.29, 1.82) is 0 Å². The molecule has 2 aromatic heterocycles. The van der Waals surface area contributed by atoms with E-state index in [0.29, 0.717) is 6.54 Å². The van der Waals surface area contributed by atoms with Gasteiger partial charge in [-0.1, -0.05) is 5.16 Å². The number of rotatable bonds is 5. The van der Waals surface area contributed by atoms with Gasteiger partial charge in [-0.3, -0.25) is 4.79 Å². The molecule has 3 N–H and O–H groups in total. The van der Waals surface area contributed by atoms with Crippen LogP contribution >= 0.6 is 0 Å². The van der Waals surface area contributed by atoms with E-state index in [9.17, 15) is 4.79 Å². The van der Waals surface area contributed by atoms with Crippen LogP contribution in [0.25, 0.3) is 0 Å². The maximum Gasteiger partial charge on any atom is 0.261 e. The van der Waals surface area contributed by atoms with Crippen LogP contribution in [0.3, 0.4) is 0 Å². The van der Waals surface area contributed by atoms with Gasteiger partial charge in [0.25, 0.3) is 5.56 Å². The highest BCUT2D eigenvalue weighted by molar-refractivity contribution is 5.96. The Morgan fingerprint density at radius 1 is 1.45 bits per heavy atom. The van der Waals surface area contributed by atoms with Gasteiger partial charge in [-0.25, -0.2) is 4.98 Å². The molecule has 2 rings (SSSR count). The number of hydrogen-bond acceptors (Lipinski definition) is 4. The number of aryl methyl sites for hydroxylation is 2. The molecule has 0 unspecified atom stereocenters. The van der Waals surface area contributed by atoms with Gasteiger partial charge in [-0.2, -0.15) is 0 Å². The first-order valence-electron chi connectivity index (χ1n) is 6.27. The van der Waals surface area contributed by atoms with Gasteiger partial charge in [0.1, 0.15) is 0 Å². The number of nitrogens with two attached hydrogens (primary N) is 1.